The van der Waals surface area contributed by atoms with Crippen LogP contribution in [-0.4, -0.2) is 27.4 Å². The van der Waals surface area contributed by atoms with Crippen molar-refractivity contribution < 1.29 is 14.8 Å². The lowest BCUT2D eigenvalue weighted by Crippen LogP contribution is -2.12. The highest BCUT2D eigenvalue weighted by molar-refractivity contribution is 8.13. The van der Waals surface area contributed by atoms with Crippen molar-refractivity contribution in [2.24, 2.45) is 4.99 Å². The van der Waals surface area contributed by atoms with Crippen LogP contribution in [0.25, 0.3) is 0 Å². The van der Waals surface area contributed by atoms with Gasteiger partial charge in [0.1, 0.15) is 5.56 Å². The Hall–Kier alpha value is -2.60. The molecule has 0 atom stereocenters. The molecule has 1 rings (SSSR count). The van der Waals surface area contributed by atoms with Crippen LogP contribution < -0.4 is 5.32 Å². The predicted octanol–water partition coefficient (Wildman–Crippen LogP) is 1.71. The van der Waals surface area contributed by atoms with Crippen molar-refractivity contribution in [1.29, 1.82) is 5.26 Å². The molecule has 0 bridgehead atoms. The van der Waals surface area contributed by atoms with Crippen molar-refractivity contribution in [2.75, 3.05) is 6.26 Å². The number of rotatable bonds is 3. The zero-order valence-electron chi connectivity index (χ0n) is 9.65. The molecule has 8 nitrogen and oxygen atoms in total. The molecule has 0 amide bonds. The van der Waals surface area contributed by atoms with Gasteiger partial charge in [-0.15, -0.1) is 0 Å². The number of nitrogens with one attached hydrogen (secondary N) is 1. The van der Waals surface area contributed by atoms with E-state index in [1.165, 1.54) is 6.07 Å². The fraction of sp³-hybridized carbons (Fsp3) is 0.100. The van der Waals surface area contributed by atoms with Gasteiger partial charge in [-0.25, -0.2) is 9.79 Å². The summed E-state index contributed by atoms with van der Waals surface area (Å²) in [6.45, 7) is 0. The number of aliphatic imine (C=N–C) groups is 1. The van der Waals surface area contributed by atoms with Crippen LogP contribution in [0.3, 0.4) is 0 Å². The Labute approximate surface area is 111 Å². The Morgan fingerprint density at radius 1 is 1.63 bits per heavy atom. The van der Waals surface area contributed by atoms with Gasteiger partial charge in [-0.1, -0.05) is 11.8 Å². The molecular formula is C10H8N4O4S. The molecule has 1 aromatic carbocycles. The van der Waals surface area contributed by atoms with E-state index in [0.717, 1.165) is 23.9 Å². The smallest absolute Gasteiger partial charge is 0.342 e. The van der Waals surface area contributed by atoms with Crippen molar-refractivity contribution in [3.05, 3.63) is 33.9 Å². The van der Waals surface area contributed by atoms with Gasteiger partial charge in [0.15, 0.2) is 11.4 Å². The number of nitro benzene ring substituents is 1. The first-order chi connectivity index (χ1) is 8.99. The fourth-order valence-electron chi connectivity index (χ4n) is 1.21. The number of amidine groups is 1. The molecule has 0 saturated carbocycles. The van der Waals surface area contributed by atoms with Gasteiger partial charge in [-0.3, -0.25) is 15.4 Å². The summed E-state index contributed by atoms with van der Waals surface area (Å²) in [7, 11) is 0. The van der Waals surface area contributed by atoms with Gasteiger partial charge in [-0.2, -0.15) is 5.26 Å². The highest BCUT2D eigenvalue weighted by Crippen LogP contribution is 2.25. The highest BCUT2D eigenvalue weighted by Gasteiger charge is 2.20. The lowest BCUT2D eigenvalue weighted by Gasteiger charge is -2.01. The average Bonchev–Trinajstić information content (AvgIpc) is 2.37. The summed E-state index contributed by atoms with van der Waals surface area (Å²) < 4.78 is 0. The third kappa shape index (κ3) is 3.68. The van der Waals surface area contributed by atoms with Gasteiger partial charge in [0, 0.05) is 6.07 Å². The van der Waals surface area contributed by atoms with E-state index in [4.69, 9.17) is 10.4 Å². The van der Waals surface area contributed by atoms with Gasteiger partial charge in [0.2, 0.25) is 0 Å². The Morgan fingerprint density at radius 3 is 2.79 bits per heavy atom. The molecule has 9 heteroatoms. The number of carbonyl (C=O) groups is 1. The Morgan fingerprint density at radius 2 is 2.32 bits per heavy atom. The number of benzene rings is 1. The van der Waals surface area contributed by atoms with Crippen molar-refractivity contribution in [3.63, 3.8) is 0 Å². The first-order valence-electron chi connectivity index (χ1n) is 4.79. The number of nitro groups is 1. The van der Waals surface area contributed by atoms with E-state index in [2.05, 4.69) is 10.3 Å². The number of carboxylic acid groups (broad SMARTS) is 1. The molecule has 0 spiro atoms. The first-order valence-corrected chi connectivity index (χ1v) is 6.01. The maximum Gasteiger partial charge on any atom is 0.342 e. The van der Waals surface area contributed by atoms with Crippen LogP contribution in [0.15, 0.2) is 23.2 Å². The number of nitriles is 1. The molecular weight excluding hydrogens is 272 g/mol. The summed E-state index contributed by atoms with van der Waals surface area (Å²) >= 11 is 1.14. The SMILES string of the molecule is CSC(=Nc1ccc(C(=O)O)c([N+](=O)[O-])c1)NC#N. The molecule has 0 unspecified atom stereocenters. The maximum absolute atomic E-state index is 10.8. The highest BCUT2D eigenvalue weighted by atomic mass is 32.2. The largest absolute Gasteiger partial charge is 0.477 e. The Balaban J connectivity index is 3.26. The first kappa shape index (κ1) is 14.5. The fourth-order valence-corrected chi connectivity index (χ4v) is 1.56. The standard InChI is InChI=1S/C10H8N4O4S/c1-19-10(12-5-11)13-6-2-3-7(9(15)16)8(4-6)14(17)18/h2-4H,1H3,(H,12,13)(H,15,16). The van der Waals surface area contributed by atoms with E-state index in [-0.39, 0.29) is 10.9 Å². The van der Waals surface area contributed by atoms with Crippen LogP contribution >= 0.6 is 11.8 Å². The molecule has 0 saturated heterocycles. The Bertz CT molecular complexity index is 594. The molecule has 2 N–H and O–H groups in total. The summed E-state index contributed by atoms with van der Waals surface area (Å²) in [4.78, 5) is 24.8. The lowest BCUT2D eigenvalue weighted by atomic mass is 10.1. The van der Waals surface area contributed by atoms with Crippen LogP contribution in [-0.2, 0) is 0 Å². The van der Waals surface area contributed by atoms with Crippen LogP contribution in [0, 0.1) is 21.6 Å². The number of hydrogen-bond donors (Lipinski definition) is 2. The van der Waals surface area contributed by atoms with E-state index in [9.17, 15) is 14.9 Å². The average molecular weight is 280 g/mol. The van der Waals surface area contributed by atoms with Crippen LogP contribution in [0.5, 0.6) is 0 Å². The van der Waals surface area contributed by atoms with Crippen molar-refractivity contribution in [1.82, 2.24) is 5.32 Å². The maximum atomic E-state index is 10.8. The van der Waals surface area contributed by atoms with E-state index in [1.54, 1.807) is 12.4 Å². The molecule has 0 radical (unpaired) electrons. The zero-order chi connectivity index (χ0) is 14.4. The van der Waals surface area contributed by atoms with E-state index in [0.29, 0.717) is 0 Å². The quantitative estimate of drug-likeness (QED) is 0.215. The normalized spacial score (nSPS) is 10.6. The van der Waals surface area contributed by atoms with Crippen molar-refractivity contribution in [2.45, 2.75) is 0 Å². The van der Waals surface area contributed by atoms with Crippen LogP contribution in [0.1, 0.15) is 10.4 Å². The van der Waals surface area contributed by atoms with Crippen molar-refractivity contribution >= 4 is 34.3 Å². The van der Waals surface area contributed by atoms with E-state index in [1.807, 2.05) is 0 Å². The Kier molecular flexibility index (Phi) is 4.84. The minimum absolute atomic E-state index is 0.184. The number of aromatic carboxylic acids is 1. The minimum Gasteiger partial charge on any atom is -0.477 e. The topological polar surface area (TPSA) is 129 Å². The number of nitrogens with zero attached hydrogens (tertiary/aromatic N) is 3. The van der Waals surface area contributed by atoms with Gasteiger partial charge in [0.25, 0.3) is 5.69 Å². The van der Waals surface area contributed by atoms with Gasteiger partial charge in [0.05, 0.1) is 10.6 Å². The summed E-state index contributed by atoms with van der Waals surface area (Å²) in [5, 5.41) is 30.6. The second kappa shape index (κ2) is 6.36. The molecule has 0 fully saturated rings. The zero-order valence-corrected chi connectivity index (χ0v) is 10.5. The molecule has 0 aliphatic rings. The summed E-state index contributed by atoms with van der Waals surface area (Å²) in [5.41, 5.74) is -0.780. The third-order valence-corrected chi connectivity index (χ3v) is 2.58. The molecule has 98 valence electrons. The van der Waals surface area contributed by atoms with Crippen molar-refractivity contribution in [3.8, 4) is 6.19 Å². The van der Waals surface area contributed by atoms with E-state index >= 15 is 0 Å². The van der Waals surface area contributed by atoms with Gasteiger partial charge in [-0.05, 0) is 18.4 Å². The second-order valence-electron chi connectivity index (χ2n) is 3.12. The number of thioether (sulfide) groups is 1. The lowest BCUT2D eigenvalue weighted by molar-refractivity contribution is -0.385. The van der Waals surface area contributed by atoms with Gasteiger partial charge >= 0.3 is 5.97 Å². The van der Waals surface area contributed by atoms with Crippen LogP contribution in [0.2, 0.25) is 0 Å². The summed E-state index contributed by atoms with van der Waals surface area (Å²) in [6.07, 6.45) is 3.35. The number of carboxylic acids is 1. The molecule has 0 aromatic heterocycles. The summed E-state index contributed by atoms with van der Waals surface area (Å²) in [6, 6.07) is 3.47. The molecule has 0 heterocycles. The molecule has 1 aromatic rings. The molecule has 19 heavy (non-hydrogen) atoms. The number of hydrogen-bond acceptors (Lipinski definition) is 6. The monoisotopic (exact) mass is 280 g/mol. The molecule has 0 aliphatic heterocycles. The second-order valence-corrected chi connectivity index (χ2v) is 3.92. The van der Waals surface area contributed by atoms with Crippen LogP contribution in [0.4, 0.5) is 11.4 Å². The van der Waals surface area contributed by atoms with Gasteiger partial charge < -0.3 is 5.11 Å². The minimum atomic E-state index is -1.39. The molecule has 0 aliphatic carbocycles. The van der Waals surface area contributed by atoms with E-state index < -0.39 is 22.1 Å². The predicted molar refractivity (Wildman–Crippen MR) is 69.4 cm³/mol. The third-order valence-electron chi connectivity index (χ3n) is 2.00. The summed E-state index contributed by atoms with van der Waals surface area (Å²) in [5.74, 6) is -1.39.